The molecule has 2 aromatic heterocycles. The molecule has 0 spiro atoms. The molecule has 1 fully saturated rings. The van der Waals surface area contributed by atoms with Crippen LogP contribution < -0.4 is 15.4 Å². The summed E-state index contributed by atoms with van der Waals surface area (Å²) in [5, 5.41) is 4.75. The van der Waals surface area contributed by atoms with E-state index in [1.807, 2.05) is 19.1 Å². The molecule has 3 amide bonds. The normalized spacial score (nSPS) is 15.6. The van der Waals surface area contributed by atoms with Gasteiger partial charge in [-0.15, -0.1) is 0 Å². The van der Waals surface area contributed by atoms with Crippen molar-refractivity contribution in [2.45, 2.75) is 29.4 Å². The standard InChI is InChI=1S/C21H17FN4O3S/c1-12-8-13(4-7-24-12)11-29-17-3-2-14(9-16(17)22)30-18-5-6-23-10-15(18)19-20(27)26-21(28)25-19/h2-10,19H,11H2,1H3,(H2,25,26,27,28). The molecule has 1 unspecified atom stereocenters. The summed E-state index contributed by atoms with van der Waals surface area (Å²) in [6.07, 6.45) is 4.78. The number of amides is 3. The van der Waals surface area contributed by atoms with Gasteiger partial charge < -0.3 is 10.1 Å². The van der Waals surface area contributed by atoms with E-state index in [0.717, 1.165) is 11.3 Å². The zero-order chi connectivity index (χ0) is 21.1. The van der Waals surface area contributed by atoms with Crippen molar-refractivity contribution in [3.05, 3.63) is 77.6 Å². The lowest BCUT2D eigenvalue weighted by molar-refractivity contribution is -0.120. The molecule has 1 aliphatic heterocycles. The predicted molar refractivity (Wildman–Crippen MR) is 107 cm³/mol. The van der Waals surface area contributed by atoms with E-state index in [2.05, 4.69) is 20.6 Å². The van der Waals surface area contributed by atoms with Gasteiger partial charge in [0.25, 0.3) is 5.91 Å². The molecule has 1 aliphatic rings. The highest BCUT2D eigenvalue weighted by molar-refractivity contribution is 7.99. The largest absolute Gasteiger partial charge is 0.486 e. The van der Waals surface area contributed by atoms with E-state index in [-0.39, 0.29) is 12.4 Å². The second-order valence-corrected chi connectivity index (χ2v) is 7.71. The molecule has 3 heterocycles. The molecule has 1 saturated heterocycles. The highest BCUT2D eigenvalue weighted by atomic mass is 32.2. The van der Waals surface area contributed by atoms with Crippen LogP contribution >= 0.6 is 11.8 Å². The number of rotatable bonds is 6. The van der Waals surface area contributed by atoms with E-state index in [9.17, 15) is 14.0 Å². The smallest absolute Gasteiger partial charge is 0.322 e. The van der Waals surface area contributed by atoms with Gasteiger partial charge in [-0.25, -0.2) is 9.18 Å². The summed E-state index contributed by atoms with van der Waals surface area (Å²) in [6.45, 7) is 2.11. The Kier molecular flexibility index (Phi) is 5.62. The molecule has 0 radical (unpaired) electrons. The number of carbonyl (C=O) groups excluding carboxylic acids is 2. The number of carbonyl (C=O) groups is 2. The van der Waals surface area contributed by atoms with Crippen LogP contribution in [0.2, 0.25) is 0 Å². The number of aromatic nitrogens is 2. The number of nitrogens with one attached hydrogen (secondary N) is 2. The van der Waals surface area contributed by atoms with Crippen molar-refractivity contribution >= 4 is 23.7 Å². The zero-order valence-electron chi connectivity index (χ0n) is 15.9. The van der Waals surface area contributed by atoms with Crippen molar-refractivity contribution in [1.29, 1.82) is 0 Å². The molecule has 9 heteroatoms. The van der Waals surface area contributed by atoms with Crippen LogP contribution in [-0.4, -0.2) is 21.9 Å². The van der Waals surface area contributed by atoms with Crippen LogP contribution in [0.25, 0.3) is 0 Å². The van der Waals surface area contributed by atoms with E-state index < -0.39 is 23.8 Å². The maximum atomic E-state index is 14.6. The summed E-state index contributed by atoms with van der Waals surface area (Å²) in [5.74, 6) is -0.796. The molecule has 1 atom stereocenters. The highest BCUT2D eigenvalue weighted by Crippen LogP contribution is 2.35. The lowest BCUT2D eigenvalue weighted by Crippen LogP contribution is -2.22. The fourth-order valence-electron chi connectivity index (χ4n) is 2.98. The first-order chi connectivity index (χ1) is 14.5. The number of pyridine rings is 2. The third kappa shape index (κ3) is 4.41. The molecular formula is C21H17FN4O3S. The Morgan fingerprint density at radius 1 is 1.17 bits per heavy atom. The number of ether oxygens (including phenoxy) is 1. The van der Waals surface area contributed by atoms with Crippen LogP contribution in [0.5, 0.6) is 5.75 Å². The fourth-order valence-corrected chi connectivity index (χ4v) is 3.95. The van der Waals surface area contributed by atoms with E-state index >= 15 is 0 Å². The summed E-state index contributed by atoms with van der Waals surface area (Å²) >= 11 is 1.27. The van der Waals surface area contributed by atoms with Gasteiger partial charge in [0.1, 0.15) is 12.6 Å². The minimum absolute atomic E-state index is 0.145. The van der Waals surface area contributed by atoms with Gasteiger partial charge in [-0.1, -0.05) is 11.8 Å². The van der Waals surface area contributed by atoms with Crippen molar-refractivity contribution in [2.75, 3.05) is 0 Å². The van der Waals surface area contributed by atoms with Crippen molar-refractivity contribution in [3.63, 3.8) is 0 Å². The van der Waals surface area contributed by atoms with Gasteiger partial charge in [0.05, 0.1) is 0 Å². The number of aryl methyl sites for hydroxylation is 1. The van der Waals surface area contributed by atoms with Crippen molar-refractivity contribution in [1.82, 2.24) is 20.6 Å². The maximum Gasteiger partial charge on any atom is 0.322 e. The average Bonchev–Trinajstić information content (AvgIpc) is 3.06. The fraction of sp³-hybridized carbons (Fsp3) is 0.143. The topological polar surface area (TPSA) is 93.2 Å². The number of benzene rings is 1. The number of nitrogens with zero attached hydrogens (tertiary/aromatic N) is 2. The van der Waals surface area contributed by atoms with E-state index in [1.54, 1.807) is 30.6 Å². The Labute approximate surface area is 176 Å². The van der Waals surface area contributed by atoms with Gasteiger partial charge >= 0.3 is 6.03 Å². The third-order valence-electron chi connectivity index (χ3n) is 4.38. The molecule has 7 nitrogen and oxygen atoms in total. The molecule has 4 rings (SSSR count). The Hall–Kier alpha value is -3.46. The minimum atomic E-state index is -0.829. The molecule has 152 valence electrons. The van der Waals surface area contributed by atoms with E-state index in [0.29, 0.717) is 15.4 Å². The van der Waals surface area contributed by atoms with Crippen LogP contribution in [0.3, 0.4) is 0 Å². The van der Waals surface area contributed by atoms with Crippen molar-refractivity contribution in [3.8, 4) is 5.75 Å². The molecule has 0 aliphatic carbocycles. The lowest BCUT2D eigenvalue weighted by Gasteiger charge is -2.13. The summed E-state index contributed by atoms with van der Waals surface area (Å²) < 4.78 is 20.2. The highest BCUT2D eigenvalue weighted by Gasteiger charge is 2.32. The zero-order valence-corrected chi connectivity index (χ0v) is 16.7. The number of urea groups is 1. The summed E-state index contributed by atoms with van der Waals surface area (Å²) in [5.41, 5.74) is 2.31. The quantitative estimate of drug-likeness (QED) is 0.588. The SMILES string of the molecule is Cc1cc(COc2ccc(Sc3ccncc3C3NC(=O)NC3=O)cc2F)ccn1. The molecule has 30 heavy (non-hydrogen) atoms. The third-order valence-corrected chi connectivity index (χ3v) is 5.46. The Balaban J connectivity index is 1.49. The summed E-state index contributed by atoms with van der Waals surface area (Å²) in [4.78, 5) is 32.9. The number of hydrogen-bond acceptors (Lipinski definition) is 6. The van der Waals surface area contributed by atoms with Gasteiger partial charge in [-0.3, -0.25) is 20.1 Å². The lowest BCUT2D eigenvalue weighted by atomic mass is 10.1. The summed E-state index contributed by atoms with van der Waals surface area (Å²) in [6, 6.07) is 8.70. The molecule has 3 aromatic rings. The average molecular weight is 424 g/mol. The second-order valence-electron chi connectivity index (χ2n) is 6.60. The van der Waals surface area contributed by atoms with Gasteiger partial charge in [-0.2, -0.15) is 0 Å². The van der Waals surface area contributed by atoms with Crippen molar-refractivity contribution in [2.24, 2.45) is 0 Å². The maximum absolute atomic E-state index is 14.6. The number of halogens is 1. The minimum Gasteiger partial charge on any atom is -0.486 e. The number of hydrogen-bond donors (Lipinski definition) is 2. The second kappa shape index (κ2) is 8.50. The van der Waals surface area contributed by atoms with Crippen LogP contribution in [0.4, 0.5) is 9.18 Å². The van der Waals surface area contributed by atoms with E-state index in [4.69, 9.17) is 4.74 Å². The van der Waals surface area contributed by atoms with Gasteiger partial charge in [-0.05, 0) is 48.9 Å². The van der Waals surface area contributed by atoms with Gasteiger partial charge in [0.15, 0.2) is 11.6 Å². The molecule has 0 saturated carbocycles. The summed E-state index contributed by atoms with van der Waals surface area (Å²) in [7, 11) is 0. The first-order valence-electron chi connectivity index (χ1n) is 9.06. The first kappa shape index (κ1) is 19.8. The molecule has 0 bridgehead atoms. The Morgan fingerprint density at radius 2 is 2.03 bits per heavy atom. The molecule has 1 aromatic carbocycles. The van der Waals surface area contributed by atoms with Gasteiger partial charge in [0.2, 0.25) is 0 Å². The van der Waals surface area contributed by atoms with Crippen LogP contribution in [0.1, 0.15) is 22.9 Å². The van der Waals surface area contributed by atoms with Crippen LogP contribution in [0, 0.1) is 12.7 Å². The van der Waals surface area contributed by atoms with Crippen molar-refractivity contribution < 1.29 is 18.7 Å². The predicted octanol–water partition coefficient (Wildman–Crippen LogP) is 3.53. The van der Waals surface area contributed by atoms with E-state index in [1.165, 1.54) is 24.0 Å². The monoisotopic (exact) mass is 424 g/mol. The Morgan fingerprint density at radius 3 is 2.77 bits per heavy atom. The molecular weight excluding hydrogens is 407 g/mol. The number of imide groups is 1. The Bertz CT molecular complexity index is 1120. The van der Waals surface area contributed by atoms with Crippen LogP contribution in [-0.2, 0) is 11.4 Å². The van der Waals surface area contributed by atoms with Crippen LogP contribution in [0.15, 0.2) is 64.8 Å². The first-order valence-corrected chi connectivity index (χ1v) is 9.88. The molecule has 2 N–H and O–H groups in total. The van der Waals surface area contributed by atoms with Gasteiger partial charge in [0, 0.05) is 39.6 Å².